The predicted octanol–water partition coefficient (Wildman–Crippen LogP) is 3.44. The molecule has 1 saturated heterocycles. The lowest BCUT2D eigenvalue weighted by Gasteiger charge is -2.22. The van der Waals surface area contributed by atoms with Crippen LogP contribution in [-0.4, -0.2) is 32.7 Å². The van der Waals surface area contributed by atoms with Gasteiger partial charge < -0.3 is 9.72 Å². The van der Waals surface area contributed by atoms with E-state index in [1.54, 1.807) is 29.1 Å². The van der Waals surface area contributed by atoms with Crippen LogP contribution < -0.4 is 5.69 Å². The molecule has 0 aliphatic carbocycles. The Kier molecular flexibility index (Phi) is 3.82. The molecule has 1 aliphatic heterocycles. The van der Waals surface area contributed by atoms with Crippen molar-refractivity contribution in [2.75, 3.05) is 13.2 Å². The molecule has 5 rings (SSSR count). The molecule has 0 amide bonds. The van der Waals surface area contributed by atoms with Crippen LogP contribution in [0, 0.1) is 11.7 Å². The molecule has 3 aromatic heterocycles. The molecule has 1 aromatic carbocycles. The Hall–Kier alpha value is -2.93. The number of H-pyrrole nitrogens is 2. The molecule has 0 spiro atoms. The van der Waals surface area contributed by atoms with Gasteiger partial charge >= 0.3 is 5.69 Å². The third kappa shape index (κ3) is 2.75. The van der Waals surface area contributed by atoms with E-state index in [2.05, 4.69) is 15.0 Å². The molecule has 4 heterocycles. The summed E-state index contributed by atoms with van der Waals surface area (Å²) in [6.07, 6.45) is 5.20. The van der Waals surface area contributed by atoms with Gasteiger partial charge in [0.15, 0.2) is 5.65 Å². The number of halogens is 1. The van der Waals surface area contributed by atoms with E-state index in [4.69, 9.17) is 4.74 Å². The van der Waals surface area contributed by atoms with Crippen LogP contribution in [0.5, 0.6) is 0 Å². The standard InChI is InChI=1S/C20H19FN4O2/c21-18-14(1-2-16-15(18)3-6-22-16)13-9-17-19(23-10-13)24-20(26)25(17)11-12-4-7-27-8-5-12/h1-3,6,9-10,12,22H,4-5,7-8,11H2,(H,23,24,26). The van der Waals surface area contributed by atoms with E-state index in [0.717, 1.165) is 31.6 Å². The Morgan fingerprint density at radius 1 is 1.26 bits per heavy atom. The topological polar surface area (TPSA) is 75.7 Å². The van der Waals surface area contributed by atoms with Crippen LogP contribution in [-0.2, 0) is 11.3 Å². The first kappa shape index (κ1) is 16.3. The molecule has 0 bridgehead atoms. The van der Waals surface area contributed by atoms with Gasteiger partial charge in [-0.25, -0.2) is 14.2 Å². The second-order valence-corrected chi connectivity index (χ2v) is 7.05. The summed E-state index contributed by atoms with van der Waals surface area (Å²) in [5.74, 6) is 0.107. The number of hydrogen-bond donors (Lipinski definition) is 2. The zero-order valence-electron chi connectivity index (χ0n) is 14.7. The minimum absolute atomic E-state index is 0.178. The molecule has 7 heteroatoms. The van der Waals surface area contributed by atoms with Crippen LogP contribution in [0.3, 0.4) is 0 Å². The van der Waals surface area contributed by atoms with Gasteiger partial charge in [-0.2, -0.15) is 0 Å². The Labute approximate surface area is 154 Å². The molecule has 1 fully saturated rings. The second-order valence-electron chi connectivity index (χ2n) is 7.05. The molecule has 0 atom stereocenters. The number of benzene rings is 1. The van der Waals surface area contributed by atoms with Gasteiger partial charge in [-0.05, 0) is 43.0 Å². The van der Waals surface area contributed by atoms with E-state index >= 15 is 0 Å². The monoisotopic (exact) mass is 366 g/mol. The molecule has 1 aliphatic rings. The molecular weight excluding hydrogens is 347 g/mol. The summed E-state index contributed by atoms with van der Waals surface area (Å²) in [7, 11) is 0. The fraction of sp³-hybridized carbons (Fsp3) is 0.300. The Balaban J connectivity index is 1.60. The molecule has 6 nitrogen and oxygen atoms in total. The molecular formula is C20H19FN4O2. The highest BCUT2D eigenvalue weighted by molar-refractivity contribution is 5.87. The van der Waals surface area contributed by atoms with Gasteiger partial charge in [0, 0.05) is 54.2 Å². The maximum Gasteiger partial charge on any atom is 0.327 e. The normalized spacial score (nSPS) is 15.7. The Bertz CT molecular complexity index is 1180. The van der Waals surface area contributed by atoms with Gasteiger partial charge in [0.1, 0.15) is 5.82 Å². The summed E-state index contributed by atoms with van der Waals surface area (Å²) in [4.78, 5) is 22.6. The first-order valence-electron chi connectivity index (χ1n) is 9.13. The maximum atomic E-state index is 14.9. The number of pyridine rings is 1. The highest BCUT2D eigenvalue weighted by Gasteiger charge is 2.18. The number of rotatable bonds is 3. The number of nitrogens with zero attached hydrogens (tertiary/aromatic N) is 2. The van der Waals surface area contributed by atoms with Crippen molar-refractivity contribution in [3.8, 4) is 11.1 Å². The van der Waals surface area contributed by atoms with E-state index in [9.17, 15) is 9.18 Å². The maximum absolute atomic E-state index is 14.9. The molecule has 0 saturated carbocycles. The zero-order chi connectivity index (χ0) is 18.4. The van der Waals surface area contributed by atoms with Crippen LogP contribution in [0.4, 0.5) is 4.39 Å². The van der Waals surface area contributed by atoms with Crippen LogP contribution in [0.15, 0.2) is 41.5 Å². The van der Waals surface area contributed by atoms with Gasteiger partial charge in [-0.15, -0.1) is 0 Å². The van der Waals surface area contributed by atoms with Crippen molar-refractivity contribution < 1.29 is 9.13 Å². The third-order valence-electron chi connectivity index (χ3n) is 5.39. The van der Waals surface area contributed by atoms with Crippen LogP contribution in [0.2, 0.25) is 0 Å². The fourth-order valence-corrected chi connectivity index (χ4v) is 3.87. The Morgan fingerprint density at radius 2 is 2.11 bits per heavy atom. The largest absolute Gasteiger partial charge is 0.381 e. The van der Waals surface area contributed by atoms with Crippen molar-refractivity contribution in [2.24, 2.45) is 5.92 Å². The van der Waals surface area contributed by atoms with Gasteiger partial charge in [0.2, 0.25) is 0 Å². The van der Waals surface area contributed by atoms with Gasteiger partial charge in [-0.3, -0.25) is 9.55 Å². The smallest absolute Gasteiger partial charge is 0.327 e. The lowest BCUT2D eigenvalue weighted by Crippen LogP contribution is -2.25. The molecule has 2 N–H and O–H groups in total. The average molecular weight is 366 g/mol. The van der Waals surface area contributed by atoms with Crippen LogP contribution in [0.25, 0.3) is 33.2 Å². The van der Waals surface area contributed by atoms with Crippen LogP contribution >= 0.6 is 0 Å². The molecule has 27 heavy (non-hydrogen) atoms. The van der Waals surface area contributed by atoms with E-state index in [-0.39, 0.29) is 11.5 Å². The highest BCUT2D eigenvalue weighted by atomic mass is 19.1. The first-order valence-corrected chi connectivity index (χ1v) is 9.13. The van der Waals surface area contributed by atoms with E-state index in [1.165, 1.54) is 0 Å². The van der Waals surface area contributed by atoms with Crippen molar-refractivity contribution in [3.63, 3.8) is 0 Å². The van der Waals surface area contributed by atoms with Crippen molar-refractivity contribution in [3.05, 3.63) is 53.0 Å². The fourth-order valence-electron chi connectivity index (χ4n) is 3.87. The van der Waals surface area contributed by atoms with Gasteiger partial charge in [-0.1, -0.05) is 0 Å². The average Bonchev–Trinajstić information content (AvgIpc) is 3.28. The van der Waals surface area contributed by atoms with E-state index in [1.807, 2.05) is 12.1 Å². The number of aromatic amines is 2. The van der Waals surface area contributed by atoms with Crippen LogP contribution in [0.1, 0.15) is 12.8 Å². The van der Waals surface area contributed by atoms with Crippen molar-refractivity contribution in [1.29, 1.82) is 0 Å². The third-order valence-corrected chi connectivity index (χ3v) is 5.39. The van der Waals surface area contributed by atoms with E-state index < -0.39 is 0 Å². The number of aromatic nitrogens is 4. The number of fused-ring (bicyclic) bond motifs is 2. The lowest BCUT2D eigenvalue weighted by molar-refractivity contribution is 0.0613. The summed E-state index contributed by atoms with van der Waals surface area (Å²) in [6.45, 7) is 2.08. The number of nitrogens with one attached hydrogen (secondary N) is 2. The summed E-state index contributed by atoms with van der Waals surface area (Å²) in [5.41, 5.74) is 2.94. The summed E-state index contributed by atoms with van der Waals surface area (Å²) in [6, 6.07) is 7.16. The predicted molar refractivity (Wildman–Crippen MR) is 101 cm³/mol. The Morgan fingerprint density at radius 3 is 2.96 bits per heavy atom. The summed E-state index contributed by atoms with van der Waals surface area (Å²) < 4.78 is 22.0. The minimum atomic E-state index is -0.288. The SMILES string of the molecule is O=c1[nH]c2ncc(-c3ccc4[nH]ccc4c3F)cc2n1CC1CCOCC1. The number of ether oxygens (including phenoxy) is 1. The zero-order valence-corrected chi connectivity index (χ0v) is 14.7. The van der Waals surface area contributed by atoms with Crippen molar-refractivity contribution in [2.45, 2.75) is 19.4 Å². The second kappa shape index (κ2) is 6.35. The van der Waals surface area contributed by atoms with E-state index in [0.29, 0.717) is 40.1 Å². The molecule has 0 unspecified atom stereocenters. The first-order chi connectivity index (χ1) is 13.2. The summed E-state index contributed by atoms with van der Waals surface area (Å²) >= 11 is 0. The van der Waals surface area contributed by atoms with Gasteiger partial charge in [0.25, 0.3) is 0 Å². The highest BCUT2D eigenvalue weighted by Crippen LogP contribution is 2.29. The van der Waals surface area contributed by atoms with Gasteiger partial charge in [0.05, 0.1) is 5.52 Å². The quantitative estimate of drug-likeness (QED) is 0.583. The lowest BCUT2D eigenvalue weighted by atomic mass is 10.0. The van der Waals surface area contributed by atoms with Crippen molar-refractivity contribution >= 4 is 22.1 Å². The molecule has 0 radical (unpaired) electrons. The minimum Gasteiger partial charge on any atom is -0.381 e. The number of hydrogen-bond acceptors (Lipinski definition) is 3. The number of imidazole rings is 1. The van der Waals surface area contributed by atoms with Crippen molar-refractivity contribution in [1.82, 2.24) is 19.5 Å². The summed E-state index contributed by atoms with van der Waals surface area (Å²) in [5, 5.41) is 0.543. The molecule has 138 valence electrons. The molecule has 4 aromatic rings.